The molecule has 1 N–H and O–H groups in total. The van der Waals surface area contributed by atoms with Gasteiger partial charge in [-0.15, -0.1) is 0 Å². The van der Waals surface area contributed by atoms with Crippen molar-refractivity contribution in [2.45, 2.75) is 37.0 Å². The molecule has 5 heterocycles. The lowest BCUT2D eigenvalue weighted by Gasteiger charge is -2.23. The zero-order valence-electron chi connectivity index (χ0n) is 20.2. The Balaban J connectivity index is 1.35. The number of aromatic nitrogens is 5. The summed E-state index contributed by atoms with van der Waals surface area (Å²) in [5, 5.41) is 15.4. The summed E-state index contributed by atoms with van der Waals surface area (Å²) in [5.41, 5.74) is 2.79. The highest BCUT2D eigenvalue weighted by atomic mass is 19.3. The van der Waals surface area contributed by atoms with Crippen molar-refractivity contribution in [3.63, 3.8) is 0 Å². The molecule has 38 heavy (non-hydrogen) atoms. The number of amides is 1. The highest BCUT2D eigenvalue weighted by Gasteiger charge is 2.46. The maximum Gasteiger partial charge on any atom is 0.387 e. The van der Waals surface area contributed by atoms with Crippen LogP contribution in [0.15, 0.2) is 42.9 Å². The first-order valence-corrected chi connectivity index (χ1v) is 12.2. The summed E-state index contributed by atoms with van der Waals surface area (Å²) < 4.78 is 38.4. The highest BCUT2D eigenvalue weighted by Crippen LogP contribution is 2.53. The van der Waals surface area contributed by atoms with Crippen LogP contribution in [0.3, 0.4) is 0 Å². The van der Waals surface area contributed by atoms with E-state index in [4.69, 9.17) is 19.6 Å². The number of halogens is 2. The van der Waals surface area contributed by atoms with Gasteiger partial charge in [0.15, 0.2) is 11.5 Å². The van der Waals surface area contributed by atoms with Crippen molar-refractivity contribution in [3.8, 4) is 17.0 Å². The zero-order valence-corrected chi connectivity index (χ0v) is 20.2. The second-order valence-electron chi connectivity index (χ2n) is 9.83. The SMILES string of the molecule is CN1C(=O)c2cccc(OC(F)F)c2C2CC1c1nn3ccc(-c4cnc(C5(O)CCOC5)nc4)nc3c12. The molecule has 1 saturated heterocycles. The van der Waals surface area contributed by atoms with Crippen molar-refractivity contribution in [1.82, 2.24) is 29.5 Å². The maximum absolute atomic E-state index is 13.3. The fourth-order valence-electron chi connectivity index (χ4n) is 5.81. The van der Waals surface area contributed by atoms with Crippen molar-refractivity contribution in [1.29, 1.82) is 0 Å². The number of benzene rings is 1. The number of ether oxygens (including phenoxy) is 2. The van der Waals surface area contributed by atoms with Crippen molar-refractivity contribution < 1.29 is 28.2 Å². The molecule has 3 atom stereocenters. The lowest BCUT2D eigenvalue weighted by molar-refractivity contribution is -0.0505. The molecule has 0 radical (unpaired) electrons. The molecule has 0 saturated carbocycles. The van der Waals surface area contributed by atoms with Crippen LogP contribution < -0.4 is 4.74 Å². The molecule has 2 bridgehead atoms. The topological polar surface area (TPSA) is 115 Å². The molecule has 12 heteroatoms. The molecule has 1 fully saturated rings. The van der Waals surface area contributed by atoms with Crippen LogP contribution in [0, 0.1) is 0 Å². The molecule has 3 aromatic heterocycles. The number of alkyl halides is 2. The van der Waals surface area contributed by atoms with E-state index in [2.05, 4.69) is 9.97 Å². The Kier molecular flexibility index (Phi) is 5.01. The summed E-state index contributed by atoms with van der Waals surface area (Å²) in [6.07, 6.45) is 5.88. The molecule has 3 unspecified atom stereocenters. The Labute approximate surface area is 214 Å². The molecule has 3 aliphatic rings. The number of hydrogen-bond donors (Lipinski definition) is 1. The van der Waals surface area contributed by atoms with E-state index in [-0.39, 0.29) is 24.3 Å². The van der Waals surface area contributed by atoms with Crippen LogP contribution in [0.25, 0.3) is 16.9 Å². The normalized spacial score (nSPS) is 24.1. The summed E-state index contributed by atoms with van der Waals surface area (Å²) in [4.78, 5) is 28.5. The molecular formula is C26H22F2N6O4. The first-order valence-electron chi connectivity index (χ1n) is 12.2. The van der Waals surface area contributed by atoms with E-state index in [0.717, 1.165) is 5.56 Å². The number of rotatable bonds is 4. The van der Waals surface area contributed by atoms with Crippen molar-refractivity contribution in [2.75, 3.05) is 20.3 Å². The average molecular weight is 520 g/mol. The Hall–Kier alpha value is -4.03. The molecule has 4 aromatic rings. The molecule has 2 aliphatic heterocycles. The van der Waals surface area contributed by atoms with Gasteiger partial charge in [-0.25, -0.2) is 19.5 Å². The van der Waals surface area contributed by atoms with Gasteiger partial charge < -0.3 is 19.5 Å². The van der Waals surface area contributed by atoms with Gasteiger partial charge in [0.2, 0.25) is 0 Å². The van der Waals surface area contributed by atoms with Gasteiger partial charge in [-0.3, -0.25) is 4.79 Å². The molecule has 1 aliphatic carbocycles. The van der Waals surface area contributed by atoms with Gasteiger partial charge in [-0.2, -0.15) is 13.9 Å². The third kappa shape index (κ3) is 3.33. The Morgan fingerprint density at radius 3 is 2.76 bits per heavy atom. The predicted molar refractivity (Wildman–Crippen MR) is 128 cm³/mol. The second-order valence-corrected chi connectivity index (χ2v) is 9.83. The maximum atomic E-state index is 13.3. The van der Waals surface area contributed by atoms with Crippen molar-refractivity contribution in [3.05, 3.63) is 71.1 Å². The largest absolute Gasteiger partial charge is 0.434 e. The van der Waals surface area contributed by atoms with E-state index >= 15 is 0 Å². The van der Waals surface area contributed by atoms with Crippen LogP contribution in [0.1, 0.15) is 57.8 Å². The van der Waals surface area contributed by atoms with E-state index < -0.39 is 18.1 Å². The molecule has 10 nitrogen and oxygen atoms in total. The van der Waals surface area contributed by atoms with E-state index in [1.54, 1.807) is 53.3 Å². The molecule has 7 rings (SSSR count). The molecule has 194 valence electrons. The minimum atomic E-state index is -3.03. The summed E-state index contributed by atoms with van der Waals surface area (Å²) >= 11 is 0. The Bertz CT molecular complexity index is 1580. The minimum absolute atomic E-state index is 0.0222. The molecule has 1 aromatic carbocycles. The average Bonchev–Trinajstić information content (AvgIpc) is 3.60. The number of carbonyl (C=O) groups is 1. The Morgan fingerprint density at radius 1 is 1.21 bits per heavy atom. The van der Waals surface area contributed by atoms with E-state index in [0.29, 0.717) is 59.0 Å². The number of carbonyl (C=O) groups excluding carboxylic acids is 1. The zero-order chi connectivity index (χ0) is 26.2. The van der Waals surface area contributed by atoms with Gasteiger partial charge in [0, 0.05) is 60.2 Å². The highest BCUT2D eigenvalue weighted by molar-refractivity contribution is 5.98. The van der Waals surface area contributed by atoms with Crippen molar-refractivity contribution >= 4 is 11.6 Å². The molecule has 0 spiro atoms. The number of nitrogens with zero attached hydrogens (tertiary/aromatic N) is 6. The first kappa shape index (κ1) is 23.1. The first-order chi connectivity index (χ1) is 18.3. The third-order valence-corrected chi connectivity index (χ3v) is 7.69. The lowest BCUT2D eigenvalue weighted by atomic mass is 9.89. The summed E-state index contributed by atoms with van der Waals surface area (Å²) in [6, 6.07) is 6.09. The van der Waals surface area contributed by atoms with Crippen LogP contribution in [-0.2, 0) is 10.3 Å². The van der Waals surface area contributed by atoms with Gasteiger partial charge in [0.25, 0.3) is 5.91 Å². The number of hydrogen-bond acceptors (Lipinski definition) is 8. The smallest absolute Gasteiger partial charge is 0.387 e. The van der Waals surface area contributed by atoms with Gasteiger partial charge in [-0.1, -0.05) is 6.07 Å². The predicted octanol–water partition coefficient (Wildman–Crippen LogP) is 3.06. The monoisotopic (exact) mass is 520 g/mol. The Morgan fingerprint density at radius 2 is 2.03 bits per heavy atom. The van der Waals surface area contributed by atoms with E-state index in [1.165, 1.54) is 6.07 Å². The van der Waals surface area contributed by atoms with E-state index in [9.17, 15) is 18.7 Å². The van der Waals surface area contributed by atoms with Crippen LogP contribution >= 0.6 is 0 Å². The standard InChI is InChI=1S/C26H22F2N6O4/c1-33-17-9-15(19-14(23(33)35)3-2-4-18(19)38-25(27)28)20-21(17)32-34-7-5-16(31-22(20)34)13-10-29-24(30-11-13)26(36)6-8-37-12-26/h2-5,7,10-11,15,17,25,36H,6,8-9,12H2,1H3. The van der Waals surface area contributed by atoms with Gasteiger partial charge >= 0.3 is 6.61 Å². The fraction of sp³-hybridized carbons (Fsp3) is 0.346. The molecular weight excluding hydrogens is 498 g/mol. The van der Waals surface area contributed by atoms with Crippen LogP contribution in [-0.4, -0.2) is 67.4 Å². The van der Waals surface area contributed by atoms with Crippen LogP contribution in [0.2, 0.25) is 0 Å². The summed E-state index contributed by atoms with van der Waals surface area (Å²) in [7, 11) is 1.69. The summed E-state index contributed by atoms with van der Waals surface area (Å²) in [5.74, 6) is -0.406. The lowest BCUT2D eigenvalue weighted by Crippen LogP contribution is -2.30. The van der Waals surface area contributed by atoms with Crippen LogP contribution in [0.4, 0.5) is 8.78 Å². The van der Waals surface area contributed by atoms with Crippen molar-refractivity contribution in [2.24, 2.45) is 0 Å². The third-order valence-electron chi connectivity index (χ3n) is 7.69. The fourth-order valence-corrected chi connectivity index (χ4v) is 5.81. The van der Waals surface area contributed by atoms with Gasteiger partial charge in [-0.05, 0) is 24.6 Å². The van der Waals surface area contributed by atoms with Gasteiger partial charge in [0.1, 0.15) is 11.4 Å². The summed E-state index contributed by atoms with van der Waals surface area (Å²) in [6.45, 7) is -2.43. The van der Waals surface area contributed by atoms with Crippen LogP contribution in [0.5, 0.6) is 5.75 Å². The quantitative estimate of drug-likeness (QED) is 0.437. The second kappa shape index (κ2) is 8.23. The van der Waals surface area contributed by atoms with Gasteiger partial charge in [0.05, 0.1) is 30.6 Å². The van der Waals surface area contributed by atoms with E-state index in [1.807, 2.05) is 0 Å². The number of fused-ring (bicyclic) bond motifs is 9. The number of aliphatic hydroxyl groups is 1. The minimum Gasteiger partial charge on any atom is -0.434 e. The molecule has 1 amide bonds.